The summed E-state index contributed by atoms with van der Waals surface area (Å²) in [4.78, 5) is 4.06. The van der Waals surface area contributed by atoms with Gasteiger partial charge in [-0.25, -0.2) is 4.98 Å². The predicted molar refractivity (Wildman–Crippen MR) is 91.4 cm³/mol. The number of aromatic amines is 1. The van der Waals surface area contributed by atoms with Crippen LogP contribution in [-0.4, -0.2) is 35.3 Å². The number of phenols is 1. The number of phenolic OH excluding ortho intramolecular Hbond substituents is 1. The van der Waals surface area contributed by atoms with Crippen LogP contribution in [0.2, 0.25) is 0 Å². The van der Waals surface area contributed by atoms with Crippen LogP contribution in [0.5, 0.6) is 5.75 Å². The van der Waals surface area contributed by atoms with Gasteiger partial charge >= 0.3 is 0 Å². The zero-order chi connectivity index (χ0) is 17.3. The number of nitrogens with one attached hydrogen (secondary N) is 1. The minimum absolute atomic E-state index is 0.00501. The van der Waals surface area contributed by atoms with Crippen molar-refractivity contribution in [1.29, 1.82) is 0 Å². The van der Waals surface area contributed by atoms with Gasteiger partial charge in [0, 0.05) is 18.8 Å². The Kier molecular flexibility index (Phi) is 4.15. The van der Waals surface area contributed by atoms with Crippen molar-refractivity contribution >= 4 is 26.7 Å². The number of hydrogen-bond acceptors (Lipinski definition) is 5. The molecular weight excluding hydrogens is 328 g/mol. The average molecular weight is 346 g/mol. The quantitative estimate of drug-likeness (QED) is 0.739. The van der Waals surface area contributed by atoms with Crippen LogP contribution in [-0.2, 0) is 10.0 Å². The first-order valence-electron chi connectivity index (χ1n) is 7.50. The van der Waals surface area contributed by atoms with Crippen LogP contribution in [0, 0.1) is 5.92 Å². The molecule has 0 fully saturated rings. The summed E-state index contributed by atoms with van der Waals surface area (Å²) in [6.07, 6.45) is 1.56. The Hall–Kier alpha value is -2.61. The maximum absolute atomic E-state index is 13.2. The van der Waals surface area contributed by atoms with Gasteiger partial charge in [-0.1, -0.05) is 19.9 Å². The van der Waals surface area contributed by atoms with E-state index in [1.807, 2.05) is 13.8 Å². The number of sulfonamides is 1. The molecule has 0 spiro atoms. The molecule has 3 rings (SSSR count). The molecule has 0 atom stereocenters. The fourth-order valence-corrected chi connectivity index (χ4v) is 4.16. The third-order valence-corrected chi connectivity index (χ3v) is 5.26. The highest BCUT2D eigenvalue weighted by Gasteiger charge is 2.29. The SMILES string of the molecule is CC(C)CN(c1cccc(O)c1)S(=O)(=O)c1[nH]nc2ncccc12. The number of H-pyrrole nitrogens is 1. The number of nitrogens with zero attached hydrogens (tertiary/aromatic N) is 3. The minimum atomic E-state index is -3.89. The van der Waals surface area contributed by atoms with Gasteiger partial charge in [-0.2, -0.15) is 13.5 Å². The standard InChI is InChI=1S/C16H18N4O3S/c1-11(2)10-20(12-5-3-6-13(21)9-12)24(22,23)16-14-7-4-8-17-15(14)18-19-16/h3-9,11,21H,10H2,1-2H3,(H,17,18,19). The lowest BCUT2D eigenvalue weighted by molar-refractivity contribution is 0.475. The normalized spacial score (nSPS) is 12.0. The Morgan fingerprint density at radius 3 is 2.75 bits per heavy atom. The third kappa shape index (κ3) is 2.92. The fourth-order valence-electron chi connectivity index (χ4n) is 2.46. The van der Waals surface area contributed by atoms with Gasteiger partial charge in [0.15, 0.2) is 10.7 Å². The van der Waals surface area contributed by atoms with E-state index >= 15 is 0 Å². The summed E-state index contributed by atoms with van der Waals surface area (Å²) in [5.74, 6) is 0.0991. The highest BCUT2D eigenvalue weighted by atomic mass is 32.2. The first-order chi connectivity index (χ1) is 11.4. The highest BCUT2D eigenvalue weighted by Crippen LogP contribution is 2.29. The van der Waals surface area contributed by atoms with Crippen LogP contribution in [0.4, 0.5) is 5.69 Å². The van der Waals surface area contributed by atoms with E-state index in [1.165, 1.54) is 16.4 Å². The Morgan fingerprint density at radius 1 is 1.25 bits per heavy atom. The molecule has 24 heavy (non-hydrogen) atoms. The molecule has 3 aromatic rings. The maximum Gasteiger partial charge on any atom is 0.281 e. The van der Waals surface area contributed by atoms with Gasteiger partial charge in [-0.15, -0.1) is 0 Å². The van der Waals surface area contributed by atoms with Gasteiger partial charge in [0.25, 0.3) is 10.0 Å². The molecule has 0 saturated heterocycles. The summed E-state index contributed by atoms with van der Waals surface area (Å²) in [7, 11) is -3.89. The van der Waals surface area contributed by atoms with E-state index in [4.69, 9.17) is 0 Å². The molecule has 2 N–H and O–H groups in total. The summed E-state index contributed by atoms with van der Waals surface area (Å²) in [6.45, 7) is 4.13. The number of rotatable bonds is 5. The molecule has 2 heterocycles. The molecule has 0 aliphatic heterocycles. The van der Waals surface area contributed by atoms with E-state index in [0.29, 0.717) is 16.7 Å². The number of aromatic nitrogens is 3. The number of fused-ring (bicyclic) bond motifs is 1. The van der Waals surface area contributed by atoms with E-state index in [1.54, 1.807) is 30.5 Å². The molecule has 7 nitrogen and oxygen atoms in total. The molecule has 0 saturated carbocycles. The molecule has 0 unspecified atom stereocenters. The highest BCUT2D eigenvalue weighted by molar-refractivity contribution is 7.93. The number of benzene rings is 1. The molecular formula is C16H18N4O3S. The lowest BCUT2D eigenvalue weighted by Crippen LogP contribution is -2.34. The van der Waals surface area contributed by atoms with Crippen molar-refractivity contribution in [2.75, 3.05) is 10.8 Å². The second-order valence-corrected chi connectivity index (χ2v) is 7.68. The molecule has 126 valence electrons. The summed E-state index contributed by atoms with van der Waals surface area (Å²) < 4.78 is 27.7. The fraction of sp³-hybridized carbons (Fsp3) is 0.250. The summed E-state index contributed by atoms with van der Waals surface area (Å²) >= 11 is 0. The van der Waals surface area contributed by atoms with Crippen LogP contribution in [0.1, 0.15) is 13.8 Å². The number of hydrogen-bond donors (Lipinski definition) is 2. The lowest BCUT2D eigenvalue weighted by Gasteiger charge is -2.25. The van der Waals surface area contributed by atoms with Crippen LogP contribution in [0.3, 0.4) is 0 Å². The van der Waals surface area contributed by atoms with Crippen LogP contribution >= 0.6 is 0 Å². The Bertz CT molecular complexity index is 966. The number of anilines is 1. The van der Waals surface area contributed by atoms with Crippen molar-refractivity contribution in [3.05, 3.63) is 42.6 Å². The van der Waals surface area contributed by atoms with Crippen LogP contribution in [0.15, 0.2) is 47.6 Å². The zero-order valence-corrected chi connectivity index (χ0v) is 14.2. The zero-order valence-electron chi connectivity index (χ0n) is 13.3. The monoisotopic (exact) mass is 346 g/mol. The smallest absolute Gasteiger partial charge is 0.281 e. The largest absolute Gasteiger partial charge is 0.508 e. The molecule has 0 amide bonds. The van der Waals surface area contributed by atoms with Gasteiger partial charge in [0.05, 0.1) is 11.1 Å². The second-order valence-electron chi connectivity index (χ2n) is 5.88. The van der Waals surface area contributed by atoms with Crippen molar-refractivity contribution in [3.8, 4) is 5.75 Å². The number of pyridine rings is 1. The van der Waals surface area contributed by atoms with Crippen molar-refractivity contribution in [2.45, 2.75) is 18.9 Å². The van der Waals surface area contributed by atoms with Gasteiger partial charge in [-0.3, -0.25) is 9.40 Å². The molecule has 0 aliphatic carbocycles. The molecule has 0 bridgehead atoms. The Morgan fingerprint density at radius 2 is 2.04 bits per heavy atom. The van der Waals surface area contributed by atoms with E-state index in [9.17, 15) is 13.5 Å². The van der Waals surface area contributed by atoms with E-state index in [0.717, 1.165) is 0 Å². The van der Waals surface area contributed by atoms with Gasteiger partial charge in [-0.05, 0) is 30.2 Å². The van der Waals surface area contributed by atoms with Crippen LogP contribution in [0.25, 0.3) is 11.0 Å². The molecule has 0 aliphatic rings. The van der Waals surface area contributed by atoms with Gasteiger partial charge in [0.1, 0.15) is 5.75 Å². The maximum atomic E-state index is 13.2. The summed E-state index contributed by atoms with van der Waals surface area (Å²) in [5.41, 5.74) is 0.742. The average Bonchev–Trinajstić information content (AvgIpc) is 2.97. The summed E-state index contributed by atoms with van der Waals surface area (Å²) in [5, 5.41) is 16.7. The van der Waals surface area contributed by atoms with E-state index < -0.39 is 10.0 Å². The third-order valence-electron chi connectivity index (χ3n) is 3.49. The summed E-state index contributed by atoms with van der Waals surface area (Å²) in [6, 6.07) is 9.51. The molecule has 1 aromatic carbocycles. The van der Waals surface area contributed by atoms with Gasteiger partial charge < -0.3 is 5.11 Å². The van der Waals surface area contributed by atoms with Crippen LogP contribution < -0.4 is 4.31 Å². The number of aromatic hydroxyl groups is 1. The topological polar surface area (TPSA) is 99.2 Å². The Labute approximate surface area is 140 Å². The Balaban J connectivity index is 2.15. The first kappa shape index (κ1) is 16.3. The molecule has 2 aromatic heterocycles. The molecule has 0 radical (unpaired) electrons. The van der Waals surface area contributed by atoms with E-state index in [2.05, 4.69) is 15.2 Å². The lowest BCUT2D eigenvalue weighted by atomic mass is 10.2. The van der Waals surface area contributed by atoms with Crippen molar-refractivity contribution in [3.63, 3.8) is 0 Å². The minimum Gasteiger partial charge on any atom is -0.508 e. The predicted octanol–water partition coefficient (Wildman–Crippen LogP) is 2.51. The van der Waals surface area contributed by atoms with Gasteiger partial charge in [0.2, 0.25) is 0 Å². The van der Waals surface area contributed by atoms with E-state index in [-0.39, 0.29) is 23.2 Å². The van der Waals surface area contributed by atoms with Crippen molar-refractivity contribution in [2.24, 2.45) is 5.92 Å². The second kappa shape index (κ2) is 6.12. The van der Waals surface area contributed by atoms with Crippen molar-refractivity contribution < 1.29 is 13.5 Å². The first-order valence-corrected chi connectivity index (χ1v) is 8.94. The van der Waals surface area contributed by atoms with Crippen molar-refractivity contribution in [1.82, 2.24) is 15.2 Å². The molecule has 8 heteroatoms.